The fourth-order valence-corrected chi connectivity index (χ4v) is 3.17. The molecular formula is C17H22FN3O. The number of β-amino-alcohol motifs (C(OH)–C–C–N with tert-alkyl or cyclic N) is 1. The van der Waals surface area contributed by atoms with Gasteiger partial charge >= 0.3 is 0 Å². The molecule has 0 amide bonds. The van der Waals surface area contributed by atoms with E-state index in [1.807, 2.05) is 24.0 Å². The third kappa shape index (κ3) is 3.54. The molecule has 0 saturated carbocycles. The lowest BCUT2D eigenvalue weighted by Gasteiger charge is -2.27. The Labute approximate surface area is 130 Å². The Morgan fingerprint density at radius 1 is 1.45 bits per heavy atom. The van der Waals surface area contributed by atoms with Gasteiger partial charge in [-0.2, -0.15) is 5.10 Å². The Bertz CT molecular complexity index is 628. The van der Waals surface area contributed by atoms with Crippen LogP contribution in [0, 0.1) is 12.7 Å². The summed E-state index contributed by atoms with van der Waals surface area (Å²) in [4.78, 5) is 2.28. The number of hydrogen-bond donors (Lipinski definition) is 1. The van der Waals surface area contributed by atoms with Gasteiger partial charge in [0.25, 0.3) is 0 Å². The van der Waals surface area contributed by atoms with Crippen molar-refractivity contribution in [2.75, 3.05) is 13.1 Å². The largest absolute Gasteiger partial charge is 0.387 e. The number of aromatic nitrogens is 2. The van der Waals surface area contributed by atoms with E-state index in [0.717, 1.165) is 31.5 Å². The standard InChI is InChI=1S/C17H22FN3O/c1-13-9-19-21(10-13)11-16-6-3-7-20(16)12-17(22)14-4-2-5-15(18)8-14/h2,4-5,8-10,16-17,22H,3,6-7,11-12H2,1H3. The number of rotatable bonds is 5. The highest BCUT2D eigenvalue weighted by molar-refractivity contribution is 5.19. The van der Waals surface area contributed by atoms with Gasteiger partial charge in [0.2, 0.25) is 0 Å². The molecule has 2 heterocycles. The molecule has 0 bridgehead atoms. The number of aliphatic hydroxyl groups excluding tert-OH is 1. The van der Waals surface area contributed by atoms with Crippen LogP contribution in [-0.2, 0) is 6.54 Å². The van der Waals surface area contributed by atoms with Crippen molar-refractivity contribution in [3.8, 4) is 0 Å². The number of halogens is 1. The molecule has 2 atom stereocenters. The first kappa shape index (κ1) is 15.2. The summed E-state index contributed by atoms with van der Waals surface area (Å²) in [5.41, 5.74) is 1.80. The lowest BCUT2D eigenvalue weighted by atomic mass is 10.1. The normalized spacial score (nSPS) is 20.4. The van der Waals surface area contributed by atoms with Gasteiger partial charge in [-0.05, 0) is 49.6 Å². The summed E-state index contributed by atoms with van der Waals surface area (Å²) in [5, 5.41) is 14.7. The van der Waals surface area contributed by atoms with Gasteiger partial charge < -0.3 is 5.11 Å². The smallest absolute Gasteiger partial charge is 0.123 e. The van der Waals surface area contributed by atoms with Crippen LogP contribution in [0.1, 0.15) is 30.1 Å². The maximum atomic E-state index is 13.3. The summed E-state index contributed by atoms with van der Waals surface area (Å²) >= 11 is 0. The van der Waals surface area contributed by atoms with Gasteiger partial charge in [0, 0.05) is 18.8 Å². The first-order valence-electron chi connectivity index (χ1n) is 7.78. The Kier molecular flexibility index (Phi) is 4.55. The maximum Gasteiger partial charge on any atom is 0.123 e. The van der Waals surface area contributed by atoms with Crippen LogP contribution in [-0.4, -0.2) is 38.9 Å². The fraction of sp³-hybridized carbons (Fsp3) is 0.471. The van der Waals surface area contributed by atoms with E-state index in [2.05, 4.69) is 10.00 Å². The van der Waals surface area contributed by atoms with E-state index < -0.39 is 6.10 Å². The predicted octanol–water partition coefficient (Wildman–Crippen LogP) is 2.53. The van der Waals surface area contributed by atoms with E-state index in [4.69, 9.17) is 0 Å². The highest BCUT2D eigenvalue weighted by Crippen LogP contribution is 2.23. The second-order valence-electron chi connectivity index (χ2n) is 6.10. The van der Waals surface area contributed by atoms with Crippen molar-refractivity contribution in [2.24, 2.45) is 0 Å². The number of likely N-dealkylation sites (tertiary alicyclic amines) is 1. The van der Waals surface area contributed by atoms with Gasteiger partial charge in [0.05, 0.1) is 18.8 Å². The summed E-state index contributed by atoms with van der Waals surface area (Å²) in [5.74, 6) is -0.304. The molecule has 0 aliphatic carbocycles. The molecule has 0 radical (unpaired) electrons. The quantitative estimate of drug-likeness (QED) is 0.923. The molecule has 1 aliphatic heterocycles. The van der Waals surface area contributed by atoms with Gasteiger partial charge in [-0.1, -0.05) is 12.1 Å². The molecule has 1 fully saturated rings. The van der Waals surface area contributed by atoms with Crippen LogP contribution in [0.25, 0.3) is 0 Å². The predicted molar refractivity (Wildman–Crippen MR) is 82.9 cm³/mol. The van der Waals surface area contributed by atoms with Crippen LogP contribution >= 0.6 is 0 Å². The minimum absolute atomic E-state index is 0.304. The highest BCUT2D eigenvalue weighted by Gasteiger charge is 2.27. The SMILES string of the molecule is Cc1cnn(CC2CCCN2CC(O)c2cccc(F)c2)c1. The second-order valence-corrected chi connectivity index (χ2v) is 6.10. The number of nitrogens with zero attached hydrogens (tertiary/aromatic N) is 3. The van der Waals surface area contributed by atoms with Crippen LogP contribution < -0.4 is 0 Å². The van der Waals surface area contributed by atoms with Crippen molar-refractivity contribution in [1.82, 2.24) is 14.7 Å². The van der Waals surface area contributed by atoms with E-state index in [9.17, 15) is 9.50 Å². The fourth-order valence-electron chi connectivity index (χ4n) is 3.17. The highest BCUT2D eigenvalue weighted by atomic mass is 19.1. The summed E-state index contributed by atoms with van der Waals surface area (Å²) in [6, 6.07) is 6.60. The Hall–Kier alpha value is -1.72. The minimum atomic E-state index is -0.657. The van der Waals surface area contributed by atoms with E-state index in [-0.39, 0.29) is 5.82 Å². The van der Waals surface area contributed by atoms with Gasteiger partial charge in [-0.15, -0.1) is 0 Å². The van der Waals surface area contributed by atoms with E-state index in [1.54, 1.807) is 12.1 Å². The molecule has 5 heteroatoms. The zero-order valence-corrected chi connectivity index (χ0v) is 12.8. The lowest BCUT2D eigenvalue weighted by molar-refractivity contribution is 0.100. The first-order chi connectivity index (χ1) is 10.6. The van der Waals surface area contributed by atoms with Crippen LogP contribution in [0.2, 0.25) is 0 Å². The zero-order valence-electron chi connectivity index (χ0n) is 12.8. The molecular weight excluding hydrogens is 281 g/mol. The van der Waals surface area contributed by atoms with Crippen LogP contribution in [0.4, 0.5) is 4.39 Å². The third-order valence-electron chi connectivity index (χ3n) is 4.30. The van der Waals surface area contributed by atoms with Gasteiger partial charge in [-0.3, -0.25) is 9.58 Å². The van der Waals surface area contributed by atoms with E-state index >= 15 is 0 Å². The van der Waals surface area contributed by atoms with E-state index in [0.29, 0.717) is 18.2 Å². The molecule has 4 nitrogen and oxygen atoms in total. The number of aryl methyl sites for hydroxylation is 1. The number of aliphatic hydroxyl groups is 1. The van der Waals surface area contributed by atoms with Crippen molar-refractivity contribution < 1.29 is 9.50 Å². The molecule has 1 N–H and O–H groups in total. The maximum absolute atomic E-state index is 13.3. The Morgan fingerprint density at radius 2 is 2.32 bits per heavy atom. The average Bonchev–Trinajstić information content (AvgIpc) is 3.09. The average molecular weight is 303 g/mol. The van der Waals surface area contributed by atoms with Crippen molar-refractivity contribution in [1.29, 1.82) is 0 Å². The summed E-state index contributed by atoms with van der Waals surface area (Å²) in [6.07, 6.45) is 5.48. The monoisotopic (exact) mass is 303 g/mol. The topological polar surface area (TPSA) is 41.3 Å². The van der Waals surface area contributed by atoms with Crippen molar-refractivity contribution in [3.63, 3.8) is 0 Å². The molecule has 1 aromatic heterocycles. The molecule has 0 spiro atoms. The Balaban J connectivity index is 1.63. The van der Waals surface area contributed by atoms with Crippen LogP contribution in [0.3, 0.4) is 0 Å². The van der Waals surface area contributed by atoms with Crippen molar-refractivity contribution in [3.05, 3.63) is 53.6 Å². The summed E-state index contributed by atoms with van der Waals surface area (Å²) in [6.45, 7) is 4.37. The molecule has 1 aromatic carbocycles. The lowest BCUT2D eigenvalue weighted by Crippen LogP contribution is -2.36. The zero-order chi connectivity index (χ0) is 15.5. The molecule has 2 aromatic rings. The first-order valence-corrected chi connectivity index (χ1v) is 7.78. The molecule has 3 rings (SSSR count). The summed E-state index contributed by atoms with van der Waals surface area (Å²) < 4.78 is 15.2. The molecule has 22 heavy (non-hydrogen) atoms. The summed E-state index contributed by atoms with van der Waals surface area (Å²) in [7, 11) is 0. The molecule has 1 saturated heterocycles. The van der Waals surface area contributed by atoms with Crippen LogP contribution in [0.5, 0.6) is 0 Å². The van der Waals surface area contributed by atoms with Gasteiger partial charge in [-0.25, -0.2) is 4.39 Å². The van der Waals surface area contributed by atoms with Crippen molar-refractivity contribution in [2.45, 2.75) is 38.5 Å². The van der Waals surface area contributed by atoms with Crippen LogP contribution in [0.15, 0.2) is 36.7 Å². The molecule has 1 aliphatic rings. The number of benzene rings is 1. The number of hydrogen-bond acceptors (Lipinski definition) is 3. The molecule has 2 unspecified atom stereocenters. The second kappa shape index (κ2) is 6.58. The third-order valence-corrected chi connectivity index (χ3v) is 4.30. The van der Waals surface area contributed by atoms with Gasteiger partial charge in [0.1, 0.15) is 5.82 Å². The molecule has 118 valence electrons. The van der Waals surface area contributed by atoms with Crippen molar-refractivity contribution >= 4 is 0 Å². The Morgan fingerprint density at radius 3 is 3.05 bits per heavy atom. The minimum Gasteiger partial charge on any atom is -0.387 e. The van der Waals surface area contributed by atoms with Gasteiger partial charge in [0.15, 0.2) is 0 Å². The van der Waals surface area contributed by atoms with E-state index in [1.165, 1.54) is 12.1 Å².